The molecule has 0 aliphatic heterocycles. The molecule has 108 valence electrons. The fourth-order valence-electron chi connectivity index (χ4n) is 2.20. The lowest BCUT2D eigenvalue weighted by Gasteiger charge is -2.23. The van der Waals surface area contributed by atoms with E-state index >= 15 is 0 Å². The molecule has 0 N–H and O–H groups in total. The number of carbonyl (C=O) groups excluding carboxylic acids is 1. The zero-order chi connectivity index (χ0) is 15.2. The molecule has 2 aromatic rings. The van der Waals surface area contributed by atoms with E-state index in [-0.39, 0.29) is 5.91 Å². The third-order valence-corrected chi connectivity index (χ3v) is 4.15. The molecule has 0 spiro atoms. The second-order valence-electron chi connectivity index (χ2n) is 4.92. The zero-order valence-corrected chi connectivity index (χ0v) is 13.6. The maximum Gasteiger partial charge on any atom is 0.246 e. The van der Waals surface area contributed by atoms with Gasteiger partial charge in [-0.3, -0.25) is 4.79 Å². The van der Waals surface area contributed by atoms with Crippen LogP contribution in [0.3, 0.4) is 0 Å². The van der Waals surface area contributed by atoms with Crippen LogP contribution in [0.15, 0.2) is 65.7 Å². The van der Waals surface area contributed by atoms with Crippen LogP contribution in [0.25, 0.3) is 0 Å². The van der Waals surface area contributed by atoms with Gasteiger partial charge in [0.1, 0.15) is 0 Å². The van der Waals surface area contributed by atoms with Crippen LogP contribution in [0.2, 0.25) is 0 Å². The Bertz CT molecular complexity index is 617. The van der Waals surface area contributed by atoms with Crippen molar-refractivity contribution in [3.8, 4) is 0 Å². The van der Waals surface area contributed by atoms with Gasteiger partial charge >= 0.3 is 0 Å². The van der Waals surface area contributed by atoms with Crippen molar-refractivity contribution in [1.82, 2.24) is 4.90 Å². The van der Waals surface area contributed by atoms with Crippen LogP contribution in [-0.2, 0) is 17.9 Å². The van der Waals surface area contributed by atoms with E-state index in [0.29, 0.717) is 13.1 Å². The number of benzene rings is 2. The molecule has 0 radical (unpaired) electrons. The number of carbonyl (C=O) groups is 1. The maximum absolute atomic E-state index is 12.1. The quantitative estimate of drug-likeness (QED) is 0.733. The number of amides is 1. The molecule has 2 aromatic carbocycles. The van der Waals surface area contributed by atoms with Crippen LogP contribution in [-0.4, -0.2) is 10.8 Å². The summed E-state index contributed by atoms with van der Waals surface area (Å²) < 4.78 is 1.03. The van der Waals surface area contributed by atoms with Gasteiger partial charge in [0, 0.05) is 17.6 Å². The maximum atomic E-state index is 12.1. The summed E-state index contributed by atoms with van der Waals surface area (Å²) in [5, 5.41) is 0. The van der Waals surface area contributed by atoms with Crippen molar-refractivity contribution in [3.63, 3.8) is 0 Å². The van der Waals surface area contributed by atoms with Crippen LogP contribution < -0.4 is 0 Å². The largest absolute Gasteiger partial charge is 0.330 e. The summed E-state index contributed by atoms with van der Waals surface area (Å²) in [5.41, 5.74) is 3.40. The summed E-state index contributed by atoms with van der Waals surface area (Å²) >= 11 is 3.57. The number of halogens is 1. The third kappa shape index (κ3) is 4.05. The van der Waals surface area contributed by atoms with Gasteiger partial charge in [-0.1, -0.05) is 65.0 Å². The van der Waals surface area contributed by atoms with E-state index in [1.807, 2.05) is 42.5 Å². The normalized spacial score (nSPS) is 10.2. The predicted molar refractivity (Wildman–Crippen MR) is 89.8 cm³/mol. The number of aryl methyl sites for hydroxylation is 1. The van der Waals surface area contributed by atoms with E-state index in [4.69, 9.17) is 0 Å². The molecule has 0 aliphatic carbocycles. The molecule has 0 saturated heterocycles. The topological polar surface area (TPSA) is 20.3 Å². The molecule has 0 fully saturated rings. The van der Waals surface area contributed by atoms with Crippen LogP contribution in [0.5, 0.6) is 0 Å². The summed E-state index contributed by atoms with van der Waals surface area (Å²) in [7, 11) is 0. The van der Waals surface area contributed by atoms with Gasteiger partial charge < -0.3 is 4.90 Å². The average molecular weight is 344 g/mol. The minimum absolute atomic E-state index is 0.0611. The van der Waals surface area contributed by atoms with E-state index in [9.17, 15) is 4.79 Å². The van der Waals surface area contributed by atoms with Crippen molar-refractivity contribution in [3.05, 3.63) is 82.3 Å². The molecule has 0 atom stereocenters. The van der Waals surface area contributed by atoms with Crippen molar-refractivity contribution >= 4 is 21.8 Å². The van der Waals surface area contributed by atoms with Gasteiger partial charge in [0.2, 0.25) is 5.91 Å². The van der Waals surface area contributed by atoms with Gasteiger partial charge in [-0.15, -0.1) is 0 Å². The Hall–Kier alpha value is -1.87. The number of nitrogens with zero attached hydrogens (tertiary/aromatic N) is 1. The Balaban J connectivity index is 2.25. The Morgan fingerprint density at radius 1 is 1.14 bits per heavy atom. The van der Waals surface area contributed by atoms with Gasteiger partial charge in [0.05, 0.1) is 0 Å². The first-order chi connectivity index (χ1) is 10.1. The van der Waals surface area contributed by atoms with Crippen LogP contribution >= 0.6 is 15.9 Å². The zero-order valence-electron chi connectivity index (χ0n) is 12.1. The van der Waals surface area contributed by atoms with Gasteiger partial charge in [-0.2, -0.15) is 0 Å². The fraction of sp³-hybridized carbons (Fsp3) is 0.167. The molecule has 2 rings (SSSR count). The van der Waals surface area contributed by atoms with E-state index in [1.165, 1.54) is 11.6 Å². The number of hydrogen-bond acceptors (Lipinski definition) is 1. The lowest BCUT2D eigenvalue weighted by Crippen LogP contribution is -2.28. The van der Waals surface area contributed by atoms with Gasteiger partial charge in [0.15, 0.2) is 0 Å². The first kappa shape index (κ1) is 15.5. The fourth-order valence-corrected chi connectivity index (χ4v) is 2.79. The van der Waals surface area contributed by atoms with E-state index in [1.54, 1.807) is 4.90 Å². The highest BCUT2D eigenvalue weighted by Crippen LogP contribution is 2.23. The van der Waals surface area contributed by atoms with Gasteiger partial charge in [0.25, 0.3) is 0 Å². The van der Waals surface area contributed by atoms with Gasteiger partial charge in [-0.05, 0) is 35.8 Å². The summed E-state index contributed by atoms with van der Waals surface area (Å²) in [6, 6.07) is 16.0. The molecular weight excluding hydrogens is 326 g/mol. The van der Waals surface area contributed by atoms with Crippen LogP contribution in [0, 0.1) is 6.92 Å². The van der Waals surface area contributed by atoms with E-state index in [0.717, 1.165) is 15.6 Å². The highest BCUT2D eigenvalue weighted by molar-refractivity contribution is 9.10. The lowest BCUT2D eigenvalue weighted by molar-refractivity contribution is -0.127. The smallest absolute Gasteiger partial charge is 0.246 e. The first-order valence-corrected chi connectivity index (χ1v) is 7.60. The van der Waals surface area contributed by atoms with Crippen molar-refractivity contribution in [2.45, 2.75) is 20.0 Å². The van der Waals surface area contributed by atoms with Gasteiger partial charge in [-0.25, -0.2) is 0 Å². The summed E-state index contributed by atoms with van der Waals surface area (Å²) in [6.45, 7) is 6.80. The van der Waals surface area contributed by atoms with Crippen molar-refractivity contribution in [2.24, 2.45) is 0 Å². The Morgan fingerprint density at radius 3 is 2.48 bits per heavy atom. The highest BCUT2D eigenvalue weighted by Gasteiger charge is 2.14. The Labute approximate surface area is 134 Å². The number of rotatable bonds is 5. The summed E-state index contributed by atoms with van der Waals surface area (Å²) in [4.78, 5) is 13.9. The predicted octanol–water partition coefficient (Wildman–Crippen LogP) is 4.47. The van der Waals surface area contributed by atoms with Crippen LogP contribution in [0.1, 0.15) is 16.7 Å². The molecule has 0 aromatic heterocycles. The van der Waals surface area contributed by atoms with Crippen molar-refractivity contribution < 1.29 is 4.79 Å². The number of hydrogen-bond donors (Lipinski definition) is 0. The molecule has 0 saturated carbocycles. The monoisotopic (exact) mass is 343 g/mol. The molecule has 0 aliphatic rings. The average Bonchev–Trinajstić information content (AvgIpc) is 2.50. The minimum Gasteiger partial charge on any atom is -0.330 e. The second kappa shape index (κ2) is 7.23. The molecule has 0 unspecified atom stereocenters. The Morgan fingerprint density at radius 2 is 1.86 bits per heavy atom. The lowest BCUT2D eigenvalue weighted by atomic mass is 10.1. The molecule has 2 nitrogen and oxygen atoms in total. The Kier molecular flexibility index (Phi) is 5.34. The van der Waals surface area contributed by atoms with Crippen molar-refractivity contribution in [1.29, 1.82) is 0 Å². The summed E-state index contributed by atoms with van der Waals surface area (Å²) in [6.07, 6.45) is 1.37. The SMILES string of the molecule is C=CC(=O)N(Cc1ccccc1)Cc1c(C)cccc1Br. The van der Waals surface area contributed by atoms with E-state index < -0.39 is 0 Å². The molecular formula is C18H18BrNO. The first-order valence-electron chi connectivity index (χ1n) is 6.81. The minimum atomic E-state index is -0.0611. The molecule has 21 heavy (non-hydrogen) atoms. The molecule has 1 amide bonds. The second-order valence-corrected chi connectivity index (χ2v) is 5.77. The third-order valence-electron chi connectivity index (χ3n) is 3.40. The van der Waals surface area contributed by atoms with E-state index in [2.05, 4.69) is 35.5 Å². The van der Waals surface area contributed by atoms with Crippen molar-refractivity contribution in [2.75, 3.05) is 0 Å². The summed E-state index contributed by atoms with van der Waals surface area (Å²) in [5.74, 6) is -0.0611. The molecule has 0 heterocycles. The molecule has 3 heteroatoms. The highest BCUT2D eigenvalue weighted by atomic mass is 79.9. The van der Waals surface area contributed by atoms with Crippen LogP contribution in [0.4, 0.5) is 0 Å². The standard InChI is InChI=1S/C18H18BrNO/c1-3-18(21)20(12-15-9-5-4-6-10-15)13-16-14(2)8-7-11-17(16)19/h3-11H,1,12-13H2,2H3. The molecule has 0 bridgehead atoms.